The summed E-state index contributed by atoms with van der Waals surface area (Å²) in [5, 5.41) is 0. The fourth-order valence-corrected chi connectivity index (χ4v) is 10.1. The Labute approximate surface area is 560 Å². The van der Waals surface area contributed by atoms with Gasteiger partial charge in [0.25, 0.3) is 17.7 Å². The lowest BCUT2D eigenvalue weighted by atomic mass is 9.84. The summed E-state index contributed by atoms with van der Waals surface area (Å²) in [4.78, 5) is 116. The highest BCUT2D eigenvalue weighted by atomic mass is 16.2. The van der Waals surface area contributed by atoms with Crippen molar-refractivity contribution in [3.63, 3.8) is 0 Å². The van der Waals surface area contributed by atoms with E-state index in [1.54, 1.807) is 39.8 Å². The van der Waals surface area contributed by atoms with Crippen LogP contribution in [-0.2, 0) is 44.9 Å². The third kappa shape index (κ3) is 28.4. The molecule has 0 radical (unpaired) electrons. The van der Waals surface area contributed by atoms with Gasteiger partial charge in [-0.1, -0.05) is 168 Å². The maximum absolute atomic E-state index is 12.9. The van der Waals surface area contributed by atoms with Gasteiger partial charge in [-0.2, -0.15) is 0 Å². The summed E-state index contributed by atoms with van der Waals surface area (Å²) in [5.41, 5.74) is 4.24. The Balaban J connectivity index is 0.000000324. The highest BCUT2D eigenvalue weighted by Gasteiger charge is 2.29. The lowest BCUT2D eigenvalue weighted by molar-refractivity contribution is -0.129. The molecule has 0 bridgehead atoms. The van der Waals surface area contributed by atoms with Crippen LogP contribution in [0.2, 0.25) is 0 Å². The quantitative estimate of drug-likeness (QED) is 0.0611. The molecule has 6 rings (SSSR count). The highest BCUT2D eigenvalue weighted by molar-refractivity contribution is 6.02. The first-order valence-electron chi connectivity index (χ1n) is 33.5. The molecule has 16 heteroatoms. The number of ketones is 4. The monoisotopic (exact) mass is 1280 g/mol. The van der Waals surface area contributed by atoms with Gasteiger partial charge in [-0.25, -0.2) is 0 Å². The van der Waals surface area contributed by atoms with Gasteiger partial charge >= 0.3 is 0 Å². The average molecular weight is 1280 g/mol. The molecule has 2 fully saturated rings. The lowest BCUT2D eigenvalue weighted by Crippen LogP contribution is -2.39. The maximum atomic E-state index is 12.9. The molecule has 4 aromatic carbocycles. The number of amides is 4. The van der Waals surface area contributed by atoms with Crippen LogP contribution in [0.25, 0.3) is 0 Å². The van der Waals surface area contributed by atoms with E-state index in [1.807, 2.05) is 226 Å². The third-order valence-corrected chi connectivity index (χ3v) is 17.0. The van der Waals surface area contributed by atoms with Crippen LogP contribution in [0.5, 0.6) is 0 Å². The van der Waals surface area contributed by atoms with Gasteiger partial charge in [0.2, 0.25) is 5.91 Å². The molecule has 514 valence electrons. The first kappa shape index (κ1) is 80.5. The molecule has 0 N–H and O–H groups in total. The van der Waals surface area contributed by atoms with Gasteiger partial charge < -0.3 is 39.2 Å². The number of hydrogen-bond acceptors (Lipinski definition) is 12. The number of likely N-dealkylation sites (tertiary alicyclic amines) is 2. The molecule has 0 spiro atoms. The predicted octanol–water partition coefficient (Wildman–Crippen LogP) is 11.4. The minimum atomic E-state index is -0.448. The second-order valence-electron chi connectivity index (χ2n) is 30.0. The molecule has 2 heterocycles. The van der Waals surface area contributed by atoms with E-state index in [0.717, 1.165) is 87.7 Å². The molecule has 2 saturated heterocycles. The van der Waals surface area contributed by atoms with Crippen LogP contribution in [-0.4, -0.2) is 221 Å². The Morgan fingerprint density at radius 3 is 0.892 bits per heavy atom. The Bertz CT molecular complexity index is 3060. The van der Waals surface area contributed by atoms with Crippen LogP contribution < -0.4 is 0 Å². The molecule has 0 aliphatic carbocycles. The zero-order valence-corrected chi connectivity index (χ0v) is 60.9. The van der Waals surface area contributed by atoms with Crippen molar-refractivity contribution in [2.45, 2.75) is 141 Å². The first-order valence-corrected chi connectivity index (χ1v) is 33.5. The van der Waals surface area contributed by atoms with Crippen molar-refractivity contribution in [1.82, 2.24) is 39.2 Å². The molecule has 0 aromatic heterocycles. The topological polar surface area (TPSA) is 162 Å². The number of rotatable bonds is 24. The highest BCUT2D eigenvalue weighted by Crippen LogP contribution is 2.26. The summed E-state index contributed by atoms with van der Waals surface area (Å²) in [6, 6.07) is 29.8. The molecule has 16 nitrogen and oxygen atoms in total. The van der Waals surface area contributed by atoms with Crippen molar-refractivity contribution in [2.75, 3.05) is 135 Å². The van der Waals surface area contributed by atoms with E-state index in [2.05, 4.69) is 9.80 Å². The van der Waals surface area contributed by atoms with Crippen molar-refractivity contribution in [3.05, 3.63) is 142 Å². The average Bonchev–Trinajstić information content (AvgIpc) is 1.23. The van der Waals surface area contributed by atoms with E-state index in [9.17, 15) is 38.4 Å². The summed E-state index contributed by atoms with van der Waals surface area (Å²) >= 11 is 0. The van der Waals surface area contributed by atoms with E-state index < -0.39 is 21.7 Å². The van der Waals surface area contributed by atoms with Crippen molar-refractivity contribution in [2.24, 2.45) is 21.7 Å². The molecule has 93 heavy (non-hydrogen) atoms. The van der Waals surface area contributed by atoms with Gasteiger partial charge in [0, 0.05) is 144 Å². The normalized spacial score (nSPS) is 13.7. The van der Waals surface area contributed by atoms with Crippen molar-refractivity contribution < 1.29 is 38.4 Å². The third-order valence-electron chi connectivity index (χ3n) is 17.0. The minimum Gasteiger partial charge on any atom is -0.344 e. The number of carbonyl (C=O) groups excluding carboxylic acids is 8. The smallest absolute Gasteiger partial charge is 0.253 e. The molecule has 0 atom stereocenters. The molecule has 0 unspecified atom stereocenters. The number of piperidine rings is 1. The van der Waals surface area contributed by atoms with E-state index in [1.165, 1.54) is 32.1 Å². The summed E-state index contributed by atoms with van der Waals surface area (Å²) in [6.07, 6.45) is 7.54. The van der Waals surface area contributed by atoms with Gasteiger partial charge in [-0.3, -0.25) is 38.4 Å². The number of likely N-dealkylation sites (N-methyl/N-ethyl adjacent to an activating group) is 6. The molecular weight excluding hydrogens is 1160 g/mol. The molecule has 2 aliphatic heterocycles. The fraction of sp³-hybridized carbons (Fsp3) is 0.584. The SMILES string of the molecule is CN(C)CCN(C)C(=O)Cc1ccccc1C(=O)C(C)(C)C.CN(C)CCN(C)C(=O)c1ccccc1CC(=O)C(C)(C)C.CN(CCN1CCCC1)C(=O)c1ccccc1CC(=O)C(C)(C)C.CN(CCN1CCCCC1)C(=O)c1ccccc1CC(=O)C(C)(C)C. The number of carbonyl (C=O) groups is 8. The number of benzene rings is 4. The van der Waals surface area contributed by atoms with Gasteiger partial charge in [0.15, 0.2) is 5.78 Å². The van der Waals surface area contributed by atoms with Crippen molar-refractivity contribution in [1.29, 1.82) is 0 Å². The molecule has 4 aromatic rings. The van der Waals surface area contributed by atoms with Crippen LogP contribution in [0.1, 0.15) is 179 Å². The van der Waals surface area contributed by atoms with Gasteiger partial charge in [0.1, 0.15) is 17.3 Å². The number of nitrogens with zero attached hydrogens (tertiary/aromatic N) is 8. The van der Waals surface area contributed by atoms with E-state index in [-0.39, 0.29) is 53.2 Å². The lowest BCUT2D eigenvalue weighted by Gasteiger charge is -2.28. The standard InChI is InChI=1S/C21H32N2O2.C20H30N2O2.2C18H28N2O2/c1-21(2,3)19(24)16-17-10-6-7-11-18(17)20(25)22(4)14-15-23-12-8-5-9-13-23;1-20(2,3)18(23)15-16-9-5-6-10-17(16)19(24)21(4)13-14-22-11-7-8-12-22;1-18(2,3)17(22)15-10-8-7-9-14(15)13-16(21)20(6)12-11-19(4)5;1-18(2,3)16(21)13-14-9-7-8-10-15(14)17(22)20(6)12-11-19(4)5/h6-7,10-11H,5,8-9,12-16H2,1-4H3;5-6,9-10H,7-8,11-15H2,1-4H3;2*7-10H,11-13H2,1-6H3. The zero-order valence-electron chi connectivity index (χ0n) is 60.9. The largest absolute Gasteiger partial charge is 0.344 e. The zero-order chi connectivity index (χ0) is 70.0. The Morgan fingerprint density at radius 1 is 0.323 bits per heavy atom. The second kappa shape index (κ2) is 38.0. The summed E-state index contributed by atoms with van der Waals surface area (Å²) < 4.78 is 0. The Hall–Kier alpha value is -6.72. The molecule has 0 saturated carbocycles. The van der Waals surface area contributed by atoms with E-state index in [4.69, 9.17) is 0 Å². The van der Waals surface area contributed by atoms with Crippen LogP contribution >= 0.6 is 0 Å². The molecule has 4 amide bonds. The summed E-state index contributed by atoms with van der Waals surface area (Å²) in [5.74, 6) is 0.553. The molecular formula is C77H118N8O8. The van der Waals surface area contributed by atoms with Crippen LogP contribution in [0, 0.1) is 21.7 Å². The molecule has 2 aliphatic rings. The second-order valence-corrected chi connectivity index (χ2v) is 30.0. The Kier molecular flexibility index (Phi) is 32.9. The van der Waals surface area contributed by atoms with E-state index >= 15 is 0 Å². The van der Waals surface area contributed by atoms with Crippen molar-refractivity contribution >= 4 is 46.8 Å². The van der Waals surface area contributed by atoms with E-state index in [0.29, 0.717) is 54.6 Å². The number of Topliss-reactive ketones (excluding diaryl/α,β-unsaturated/α-hetero) is 4. The van der Waals surface area contributed by atoms with Crippen LogP contribution in [0.3, 0.4) is 0 Å². The summed E-state index contributed by atoms with van der Waals surface area (Å²) in [6.45, 7) is 33.8. The minimum absolute atomic E-state index is 0.00602. The predicted molar refractivity (Wildman–Crippen MR) is 379 cm³/mol. The van der Waals surface area contributed by atoms with Gasteiger partial charge in [0.05, 0.1) is 6.42 Å². The summed E-state index contributed by atoms with van der Waals surface area (Å²) in [7, 11) is 15.2. The van der Waals surface area contributed by atoms with Crippen LogP contribution in [0.4, 0.5) is 0 Å². The van der Waals surface area contributed by atoms with Crippen LogP contribution in [0.15, 0.2) is 97.1 Å². The van der Waals surface area contributed by atoms with Crippen molar-refractivity contribution in [3.8, 4) is 0 Å². The number of hydrogen-bond donors (Lipinski definition) is 0. The first-order chi connectivity index (χ1) is 43.3. The Morgan fingerprint density at radius 2 is 0.591 bits per heavy atom. The maximum Gasteiger partial charge on any atom is 0.253 e. The van der Waals surface area contributed by atoms with Gasteiger partial charge in [-0.15, -0.1) is 0 Å². The fourth-order valence-electron chi connectivity index (χ4n) is 10.1. The van der Waals surface area contributed by atoms with Gasteiger partial charge in [-0.05, 0) is 121 Å².